The van der Waals surface area contributed by atoms with E-state index in [1.165, 1.54) is 5.56 Å². The van der Waals surface area contributed by atoms with Gasteiger partial charge in [0.25, 0.3) is 0 Å². The van der Waals surface area contributed by atoms with Crippen LogP contribution in [0.3, 0.4) is 0 Å². The molecule has 1 aliphatic heterocycles. The first-order valence-electron chi connectivity index (χ1n) is 6.91. The zero-order valence-corrected chi connectivity index (χ0v) is 11.9. The lowest BCUT2D eigenvalue weighted by Gasteiger charge is -2.30. The third-order valence-corrected chi connectivity index (χ3v) is 3.44. The number of nitrogens with one attached hydrogen (secondary N) is 1. The van der Waals surface area contributed by atoms with Crippen LogP contribution in [-0.4, -0.2) is 57.9 Å². The van der Waals surface area contributed by atoms with Crippen molar-refractivity contribution in [3.63, 3.8) is 0 Å². The lowest BCUT2D eigenvalue weighted by molar-refractivity contribution is -0.0179. The van der Waals surface area contributed by atoms with Crippen LogP contribution in [0.15, 0.2) is 24.3 Å². The SMILES string of the molecule is COc1cccc(CCNCC2CN(C)CCO2)c1. The molecule has 1 aliphatic rings. The minimum Gasteiger partial charge on any atom is -0.497 e. The summed E-state index contributed by atoms with van der Waals surface area (Å²) in [6.07, 6.45) is 1.34. The summed E-state index contributed by atoms with van der Waals surface area (Å²) >= 11 is 0. The summed E-state index contributed by atoms with van der Waals surface area (Å²) in [5, 5.41) is 3.47. The van der Waals surface area contributed by atoms with Crippen LogP contribution in [0.4, 0.5) is 0 Å². The van der Waals surface area contributed by atoms with Crippen LogP contribution >= 0.6 is 0 Å². The minimum atomic E-state index is 0.323. The van der Waals surface area contributed by atoms with Gasteiger partial charge in [-0.2, -0.15) is 0 Å². The van der Waals surface area contributed by atoms with Crippen LogP contribution in [-0.2, 0) is 11.2 Å². The molecule has 0 amide bonds. The molecule has 106 valence electrons. The van der Waals surface area contributed by atoms with Gasteiger partial charge >= 0.3 is 0 Å². The highest BCUT2D eigenvalue weighted by molar-refractivity contribution is 5.28. The van der Waals surface area contributed by atoms with Gasteiger partial charge in [0.1, 0.15) is 5.75 Å². The largest absolute Gasteiger partial charge is 0.497 e. The Labute approximate surface area is 115 Å². The highest BCUT2D eigenvalue weighted by atomic mass is 16.5. The van der Waals surface area contributed by atoms with E-state index in [2.05, 4.69) is 29.4 Å². The molecule has 1 atom stereocenters. The van der Waals surface area contributed by atoms with Crippen molar-refractivity contribution in [3.8, 4) is 5.75 Å². The third-order valence-electron chi connectivity index (χ3n) is 3.44. The number of benzene rings is 1. The van der Waals surface area contributed by atoms with Gasteiger partial charge in [0, 0.05) is 19.6 Å². The summed E-state index contributed by atoms with van der Waals surface area (Å²) in [7, 11) is 3.85. The summed E-state index contributed by atoms with van der Waals surface area (Å²) < 4.78 is 10.9. The molecule has 0 radical (unpaired) electrons. The maximum absolute atomic E-state index is 5.71. The highest BCUT2D eigenvalue weighted by Crippen LogP contribution is 2.12. The quantitative estimate of drug-likeness (QED) is 0.782. The Balaban J connectivity index is 1.66. The average Bonchev–Trinajstić information content (AvgIpc) is 2.44. The fourth-order valence-corrected chi connectivity index (χ4v) is 2.31. The average molecular weight is 264 g/mol. The molecule has 1 aromatic carbocycles. The molecule has 0 spiro atoms. The number of hydrogen-bond donors (Lipinski definition) is 1. The predicted octanol–water partition coefficient (Wildman–Crippen LogP) is 1.16. The molecule has 0 bridgehead atoms. The number of nitrogens with zero attached hydrogens (tertiary/aromatic N) is 1. The second kappa shape index (κ2) is 7.48. The van der Waals surface area contributed by atoms with E-state index in [1.54, 1.807) is 7.11 Å². The van der Waals surface area contributed by atoms with E-state index in [9.17, 15) is 0 Å². The standard InChI is InChI=1S/C15H24N2O2/c1-17-8-9-19-15(12-17)11-16-7-6-13-4-3-5-14(10-13)18-2/h3-5,10,15-16H,6-9,11-12H2,1-2H3. The van der Waals surface area contributed by atoms with Gasteiger partial charge < -0.3 is 19.7 Å². The smallest absolute Gasteiger partial charge is 0.119 e. The van der Waals surface area contributed by atoms with Crippen LogP contribution in [0.25, 0.3) is 0 Å². The van der Waals surface area contributed by atoms with Gasteiger partial charge in [0.2, 0.25) is 0 Å². The zero-order chi connectivity index (χ0) is 13.5. The van der Waals surface area contributed by atoms with Crippen molar-refractivity contribution in [1.82, 2.24) is 10.2 Å². The van der Waals surface area contributed by atoms with Gasteiger partial charge in [0.05, 0.1) is 19.8 Å². The number of hydrogen-bond acceptors (Lipinski definition) is 4. The molecule has 4 heteroatoms. The van der Waals surface area contributed by atoms with Gasteiger partial charge in [-0.1, -0.05) is 12.1 Å². The fraction of sp³-hybridized carbons (Fsp3) is 0.600. The molecule has 0 saturated carbocycles. The molecular formula is C15H24N2O2. The third kappa shape index (κ3) is 4.82. The summed E-state index contributed by atoms with van der Waals surface area (Å²) in [4.78, 5) is 2.32. The van der Waals surface area contributed by atoms with E-state index < -0.39 is 0 Å². The van der Waals surface area contributed by atoms with Gasteiger partial charge in [-0.15, -0.1) is 0 Å². The van der Waals surface area contributed by atoms with Crippen molar-refractivity contribution < 1.29 is 9.47 Å². The van der Waals surface area contributed by atoms with Crippen molar-refractivity contribution >= 4 is 0 Å². The van der Waals surface area contributed by atoms with Gasteiger partial charge in [0.15, 0.2) is 0 Å². The lowest BCUT2D eigenvalue weighted by Crippen LogP contribution is -2.45. The number of methoxy groups -OCH3 is 1. The summed E-state index contributed by atoms with van der Waals surface area (Å²) in [5.74, 6) is 0.926. The number of morpholine rings is 1. The Morgan fingerprint density at radius 1 is 1.47 bits per heavy atom. The summed E-state index contributed by atoms with van der Waals surface area (Å²) in [6.45, 7) is 4.80. The van der Waals surface area contributed by atoms with E-state index in [4.69, 9.17) is 9.47 Å². The first-order valence-corrected chi connectivity index (χ1v) is 6.91. The number of rotatable bonds is 6. The molecule has 1 unspecified atom stereocenters. The molecule has 1 heterocycles. The Morgan fingerprint density at radius 2 is 2.37 bits per heavy atom. The topological polar surface area (TPSA) is 33.7 Å². The highest BCUT2D eigenvalue weighted by Gasteiger charge is 2.16. The van der Waals surface area contributed by atoms with Crippen LogP contribution in [0.1, 0.15) is 5.56 Å². The summed E-state index contributed by atoms with van der Waals surface area (Å²) in [6, 6.07) is 8.23. The van der Waals surface area contributed by atoms with Crippen molar-refractivity contribution in [2.24, 2.45) is 0 Å². The van der Waals surface area contributed by atoms with Gasteiger partial charge in [-0.25, -0.2) is 0 Å². The Kier molecular flexibility index (Phi) is 5.63. The Morgan fingerprint density at radius 3 is 3.16 bits per heavy atom. The molecule has 1 N–H and O–H groups in total. The van der Waals surface area contributed by atoms with E-state index in [0.29, 0.717) is 6.10 Å². The van der Waals surface area contributed by atoms with Crippen molar-refractivity contribution in [2.45, 2.75) is 12.5 Å². The van der Waals surface area contributed by atoms with Crippen LogP contribution in [0.2, 0.25) is 0 Å². The van der Waals surface area contributed by atoms with E-state index in [1.807, 2.05) is 12.1 Å². The second-order valence-corrected chi connectivity index (χ2v) is 5.06. The monoisotopic (exact) mass is 264 g/mol. The molecule has 19 heavy (non-hydrogen) atoms. The minimum absolute atomic E-state index is 0.323. The molecule has 2 rings (SSSR count). The fourth-order valence-electron chi connectivity index (χ4n) is 2.31. The van der Waals surface area contributed by atoms with Gasteiger partial charge in [-0.3, -0.25) is 0 Å². The summed E-state index contributed by atoms with van der Waals surface area (Å²) in [5.41, 5.74) is 1.30. The zero-order valence-electron chi connectivity index (χ0n) is 11.9. The molecule has 0 aromatic heterocycles. The maximum atomic E-state index is 5.71. The van der Waals surface area contributed by atoms with Gasteiger partial charge in [-0.05, 0) is 37.7 Å². The Hall–Kier alpha value is -1.10. The normalized spacial score (nSPS) is 20.4. The van der Waals surface area contributed by atoms with E-state index in [0.717, 1.165) is 45.0 Å². The lowest BCUT2D eigenvalue weighted by atomic mass is 10.1. The predicted molar refractivity (Wildman–Crippen MR) is 76.8 cm³/mol. The van der Waals surface area contributed by atoms with Crippen LogP contribution in [0.5, 0.6) is 5.75 Å². The van der Waals surface area contributed by atoms with Crippen LogP contribution < -0.4 is 10.1 Å². The molecule has 1 saturated heterocycles. The number of ether oxygens (including phenoxy) is 2. The first kappa shape index (κ1) is 14.3. The molecule has 1 aromatic rings. The first-order chi connectivity index (χ1) is 9.28. The molecule has 4 nitrogen and oxygen atoms in total. The van der Waals surface area contributed by atoms with Crippen molar-refractivity contribution in [2.75, 3.05) is 46.9 Å². The van der Waals surface area contributed by atoms with Crippen LogP contribution in [0, 0.1) is 0 Å². The number of likely N-dealkylation sites (N-methyl/N-ethyl adjacent to an activating group) is 1. The molecule has 0 aliphatic carbocycles. The second-order valence-electron chi connectivity index (χ2n) is 5.06. The molecular weight excluding hydrogens is 240 g/mol. The molecule has 1 fully saturated rings. The van der Waals surface area contributed by atoms with Crippen molar-refractivity contribution in [3.05, 3.63) is 29.8 Å². The Bertz CT molecular complexity index is 384. The van der Waals surface area contributed by atoms with E-state index >= 15 is 0 Å². The van der Waals surface area contributed by atoms with Crippen molar-refractivity contribution in [1.29, 1.82) is 0 Å². The maximum Gasteiger partial charge on any atom is 0.119 e. The van der Waals surface area contributed by atoms with E-state index in [-0.39, 0.29) is 0 Å².